The number of allylic oxidation sites excluding steroid dienone is 1. The highest BCUT2D eigenvalue weighted by Gasteiger charge is 2.00. The van der Waals surface area contributed by atoms with Gasteiger partial charge in [0.2, 0.25) is 5.91 Å². The first-order valence-corrected chi connectivity index (χ1v) is 5.37. The van der Waals surface area contributed by atoms with Crippen LogP contribution in [-0.2, 0) is 11.2 Å². The normalized spacial score (nSPS) is 9.81. The lowest BCUT2D eigenvalue weighted by atomic mass is 10.1. The first-order chi connectivity index (χ1) is 7.76. The van der Waals surface area contributed by atoms with Crippen molar-refractivity contribution in [3.8, 4) is 0 Å². The van der Waals surface area contributed by atoms with Gasteiger partial charge < -0.3 is 10.4 Å². The maximum absolute atomic E-state index is 11.4. The van der Waals surface area contributed by atoms with Gasteiger partial charge in [0.1, 0.15) is 0 Å². The Morgan fingerprint density at radius 2 is 2.06 bits per heavy atom. The molecule has 1 aromatic carbocycles. The molecule has 0 heterocycles. The molecule has 86 valence electrons. The van der Waals surface area contributed by atoms with E-state index in [1.54, 1.807) is 6.08 Å². The predicted octanol–water partition coefficient (Wildman–Crippen LogP) is 2.13. The van der Waals surface area contributed by atoms with E-state index in [9.17, 15) is 4.79 Å². The van der Waals surface area contributed by atoms with E-state index < -0.39 is 0 Å². The van der Waals surface area contributed by atoms with Crippen molar-refractivity contribution in [1.29, 1.82) is 0 Å². The Morgan fingerprint density at radius 3 is 2.62 bits per heavy atom. The number of nitrogens with one attached hydrogen (secondary N) is 1. The summed E-state index contributed by atoms with van der Waals surface area (Å²) in [6.45, 7) is 3.71. The van der Waals surface area contributed by atoms with Crippen LogP contribution >= 0.6 is 0 Å². The van der Waals surface area contributed by atoms with E-state index in [4.69, 9.17) is 5.11 Å². The van der Waals surface area contributed by atoms with Crippen LogP contribution in [0.3, 0.4) is 0 Å². The van der Waals surface area contributed by atoms with Crippen molar-refractivity contribution in [1.82, 2.24) is 0 Å². The minimum Gasteiger partial charge on any atom is -0.396 e. The number of aliphatic hydroxyl groups excluding tert-OH is 1. The Hall–Kier alpha value is -1.61. The number of aliphatic hydroxyl groups is 1. The van der Waals surface area contributed by atoms with Crippen molar-refractivity contribution in [2.75, 3.05) is 11.9 Å². The van der Waals surface area contributed by atoms with Gasteiger partial charge in [-0.1, -0.05) is 18.2 Å². The Kier molecular flexibility index (Phi) is 5.29. The van der Waals surface area contributed by atoms with E-state index in [-0.39, 0.29) is 12.5 Å². The number of carbonyl (C=O) groups excluding carboxylic acids is 1. The molecule has 0 bridgehead atoms. The standard InChI is InChI=1S/C13H17NO2/c1-2-3-4-13(16)14-12-7-5-11(6-8-12)9-10-15/h2,5-8,15H,1,3-4,9-10H2,(H,14,16). The zero-order valence-corrected chi connectivity index (χ0v) is 9.28. The molecular weight excluding hydrogens is 202 g/mol. The van der Waals surface area contributed by atoms with E-state index in [1.807, 2.05) is 24.3 Å². The lowest BCUT2D eigenvalue weighted by Gasteiger charge is -2.05. The van der Waals surface area contributed by atoms with E-state index in [0.29, 0.717) is 19.3 Å². The molecule has 2 N–H and O–H groups in total. The van der Waals surface area contributed by atoms with Crippen LogP contribution in [0, 0.1) is 0 Å². The lowest BCUT2D eigenvalue weighted by molar-refractivity contribution is -0.116. The van der Waals surface area contributed by atoms with Gasteiger partial charge in [0.25, 0.3) is 0 Å². The van der Waals surface area contributed by atoms with Gasteiger partial charge in [-0.05, 0) is 30.5 Å². The summed E-state index contributed by atoms with van der Waals surface area (Å²) in [7, 11) is 0. The molecule has 0 aliphatic rings. The second kappa shape index (κ2) is 6.80. The first-order valence-electron chi connectivity index (χ1n) is 5.37. The monoisotopic (exact) mass is 219 g/mol. The van der Waals surface area contributed by atoms with Gasteiger partial charge in [0.05, 0.1) is 0 Å². The fraction of sp³-hybridized carbons (Fsp3) is 0.308. The quantitative estimate of drug-likeness (QED) is 0.720. The van der Waals surface area contributed by atoms with E-state index in [0.717, 1.165) is 11.3 Å². The van der Waals surface area contributed by atoms with Gasteiger partial charge in [0.15, 0.2) is 0 Å². The molecule has 0 saturated carbocycles. The summed E-state index contributed by atoms with van der Waals surface area (Å²) >= 11 is 0. The third-order valence-electron chi connectivity index (χ3n) is 2.21. The van der Waals surface area contributed by atoms with Gasteiger partial charge in [-0.25, -0.2) is 0 Å². The van der Waals surface area contributed by atoms with Gasteiger partial charge in [-0.15, -0.1) is 6.58 Å². The van der Waals surface area contributed by atoms with Crippen molar-refractivity contribution in [2.24, 2.45) is 0 Å². The molecule has 3 heteroatoms. The number of benzene rings is 1. The molecule has 0 unspecified atom stereocenters. The Bertz CT molecular complexity index is 343. The van der Waals surface area contributed by atoms with Crippen LogP contribution in [0.25, 0.3) is 0 Å². The largest absolute Gasteiger partial charge is 0.396 e. The van der Waals surface area contributed by atoms with Crippen LogP contribution in [0.2, 0.25) is 0 Å². The number of hydrogen-bond acceptors (Lipinski definition) is 2. The van der Waals surface area contributed by atoms with Gasteiger partial charge >= 0.3 is 0 Å². The highest BCUT2D eigenvalue weighted by Crippen LogP contribution is 2.10. The number of hydrogen-bond donors (Lipinski definition) is 2. The van der Waals surface area contributed by atoms with Crippen LogP contribution in [0.5, 0.6) is 0 Å². The van der Waals surface area contributed by atoms with Gasteiger partial charge in [0, 0.05) is 18.7 Å². The van der Waals surface area contributed by atoms with Crippen LogP contribution in [-0.4, -0.2) is 17.6 Å². The fourth-order valence-corrected chi connectivity index (χ4v) is 1.34. The molecule has 0 saturated heterocycles. The number of rotatable bonds is 6. The smallest absolute Gasteiger partial charge is 0.224 e. The molecule has 0 aliphatic heterocycles. The molecule has 1 aromatic rings. The first kappa shape index (κ1) is 12.5. The SMILES string of the molecule is C=CCCC(=O)Nc1ccc(CCO)cc1. The molecule has 16 heavy (non-hydrogen) atoms. The molecule has 3 nitrogen and oxygen atoms in total. The summed E-state index contributed by atoms with van der Waals surface area (Å²) in [6, 6.07) is 7.49. The van der Waals surface area contributed by atoms with E-state index in [1.165, 1.54) is 0 Å². The third kappa shape index (κ3) is 4.28. The Labute approximate surface area is 95.8 Å². The van der Waals surface area contributed by atoms with Crippen molar-refractivity contribution >= 4 is 11.6 Å². The topological polar surface area (TPSA) is 49.3 Å². The van der Waals surface area contributed by atoms with Gasteiger partial charge in [-0.3, -0.25) is 4.79 Å². The Balaban J connectivity index is 2.48. The van der Waals surface area contributed by atoms with Crippen molar-refractivity contribution in [3.63, 3.8) is 0 Å². The van der Waals surface area contributed by atoms with Crippen molar-refractivity contribution < 1.29 is 9.90 Å². The molecule has 0 atom stereocenters. The molecule has 0 aromatic heterocycles. The third-order valence-corrected chi connectivity index (χ3v) is 2.21. The molecule has 0 spiro atoms. The minimum atomic E-state index is -0.00481. The molecule has 0 fully saturated rings. The minimum absolute atomic E-state index is 0.00481. The van der Waals surface area contributed by atoms with Gasteiger partial charge in [-0.2, -0.15) is 0 Å². The Morgan fingerprint density at radius 1 is 1.38 bits per heavy atom. The fourth-order valence-electron chi connectivity index (χ4n) is 1.34. The highest BCUT2D eigenvalue weighted by molar-refractivity contribution is 5.90. The summed E-state index contributed by atoms with van der Waals surface area (Å²) in [6.07, 6.45) is 3.52. The molecule has 1 rings (SSSR count). The van der Waals surface area contributed by atoms with Crippen LogP contribution in [0.15, 0.2) is 36.9 Å². The second-order valence-electron chi connectivity index (χ2n) is 3.55. The highest BCUT2D eigenvalue weighted by atomic mass is 16.2. The summed E-state index contributed by atoms with van der Waals surface area (Å²) in [5.74, 6) is -0.00481. The average molecular weight is 219 g/mol. The van der Waals surface area contributed by atoms with E-state index in [2.05, 4.69) is 11.9 Å². The van der Waals surface area contributed by atoms with E-state index >= 15 is 0 Å². The molecule has 0 radical (unpaired) electrons. The van der Waals surface area contributed by atoms with Crippen molar-refractivity contribution in [2.45, 2.75) is 19.3 Å². The maximum Gasteiger partial charge on any atom is 0.224 e. The zero-order valence-electron chi connectivity index (χ0n) is 9.28. The second-order valence-corrected chi connectivity index (χ2v) is 3.55. The molecule has 1 amide bonds. The summed E-state index contributed by atoms with van der Waals surface area (Å²) in [5.41, 5.74) is 1.85. The number of anilines is 1. The zero-order chi connectivity index (χ0) is 11.8. The average Bonchev–Trinajstić information content (AvgIpc) is 2.29. The maximum atomic E-state index is 11.4. The summed E-state index contributed by atoms with van der Waals surface area (Å²) in [4.78, 5) is 11.4. The molecular formula is C13H17NO2. The van der Waals surface area contributed by atoms with Crippen molar-refractivity contribution in [3.05, 3.63) is 42.5 Å². The van der Waals surface area contributed by atoms with Crippen LogP contribution in [0.4, 0.5) is 5.69 Å². The predicted molar refractivity (Wildman–Crippen MR) is 65.3 cm³/mol. The molecule has 0 aliphatic carbocycles. The lowest BCUT2D eigenvalue weighted by Crippen LogP contribution is -2.10. The summed E-state index contributed by atoms with van der Waals surface area (Å²) in [5, 5.41) is 11.5. The number of amides is 1. The van der Waals surface area contributed by atoms with Crippen LogP contribution < -0.4 is 5.32 Å². The summed E-state index contributed by atoms with van der Waals surface area (Å²) < 4.78 is 0. The number of carbonyl (C=O) groups is 1. The van der Waals surface area contributed by atoms with Crippen LogP contribution in [0.1, 0.15) is 18.4 Å².